The molecular formula is C21H30ClN5O. The molecule has 2 aromatic rings. The van der Waals surface area contributed by atoms with Crippen LogP contribution < -0.4 is 5.32 Å². The van der Waals surface area contributed by atoms with Gasteiger partial charge in [-0.2, -0.15) is 5.10 Å². The Labute approximate surface area is 172 Å². The largest absolute Gasteiger partial charge is 0.308 e. The maximum atomic E-state index is 12.2. The molecule has 6 nitrogen and oxygen atoms in total. The highest BCUT2D eigenvalue weighted by Gasteiger charge is 2.21. The van der Waals surface area contributed by atoms with Gasteiger partial charge in [-0.15, -0.1) is 0 Å². The molecule has 3 rings (SSSR count). The second-order valence-electron chi connectivity index (χ2n) is 7.80. The first-order valence-electron chi connectivity index (χ1n) is 9.93. The first-order valence-corrected chi connectivity index (χ1v) is 10.3. The number of nitrogens with one attached hydrogen (secondary N) is 1. The molecule has 1 fully saturated rings. The average molecular weight is 404 g/mol. The molecule has 7 heteroatoms. The van der Waals surface area contributed by atoms with Crippen molar-refractivity contribution in [2.45, 2.75) is 19.3 Å². The lowest BCUT2D eigenvalue weighted by Gasteiger charge is -2.34. The third kappa shape index (κ3) is 6.62. The normalized spacial score (nSPS) is 17.8. The Morgan fingerprint density at radius 1 is 1.32 bits per heavy atom. The van der Waals surface area contributed by atoms with Crippen molar-refractivity contribution in [1.82, 2.24) is 19.6 Å². The zero-order chi connectivity index (χ0) is 19.9. The summed E-state index contributed by atoms with van der Waals surface area (Å²) in [4.78, 5) is 16.9. The summed E-state index contributed by atoms with van der Waals surface area (Å²) in [7, 11) is 3.86. The number of carbonyl (C=O) groups is 1. The van der Waals surface area contributed by atoms with Gasteiger partial charge < -0.3 is 10.2 Å². The van der Waals surface area contributed by atoms with Crippen LogP contribution in [0.25, 0.3) is 0 Å². The molecule has 1 aromatic heterocycles. The Kier molecular flexibility index (Phi) is 7.48. The van der Waals surface area contributed by atoms with E-state index in [1.54, 1.807) is 10.7 Å². The number of amides is 1. The fraction of sp³-hybridized carbons (Fsp3) is 0.524. The Bertz CT molecular complexity index is 760. The molecule has 1 atom stereocenters. The fourth-order valence-electron chi connectivity index (χ4n) is 3.86. The van der Waals surface area contributed by atoms with E-state index >= 15 is 0 Å². The second-order valence-corrected chi connectivity index (χ2v) is 8.24. The topological polar surface area (TPSA) is 53.4 Å². The van der Waals surface area contributed by atoms with Crippen LogP contribution in [0.4, 0.5) is 5.82 Å². The Morgan fingerprint density at radius 2 is 2.11 bits per heavy atom. The molecule has 0 spiro atoms. The Balaban J connectivity index is 1.39. The second kappa shape index (κ2) is 10.0. The zero-order valence-electron chi connectivity index (χ0n) is 16.8. The van der Waals surface area contributed by atoms with Gasteiger partial charge in [0.05, 0.1) is 6.54 Å². The molecule has 1 N–H and O–H groups in total. The van der Waals surface area contributed by atoms with E-state index < -0.39 is 0 Å². The van der Waals surface area contributed by atoms with Gasteiger partial charge in [0.1, 0.15) is 0 Å². The molecule has 0 aliphatic carbocycles. The molecule has 152 valence electrons. The number of hydrogen-bond acceptors (Lipinski definition) is 4. The van der Waals surface area contributed by atoms with Crippen molar-refractivity contribution in [2.24, 2.45) is 13.0 Å². The van der Waals surface area contributed by atoms with Crippen LogP contribution in [0.2, 0.25) is 5.02 Å². The number of hydrogen-bond donors (Lipinski definition) is 1. The minimum absolute atomic E-state index is 0.0170. The molecule has 0 unspecified atom stereocenters. The van der Waals surface area contributed by atoms with E-state index in [2.05, 4.69) is 32.3 Å². The van der Waals surface area contributed by atoms with Gasteiger partial charge in [0.2, 0.25) is 5.91 Å². The van der Waals surface area contributed by atoms with Crippen LogP contribution in [0.1, 0.15) is 18.4 Å². The van der Waals surface area contributed by atoms with Crippen LogP contribution >= 0.6 is 11.6 Å². The van der Waals surface area contributed by atoms with Crippen molar-refractivity contribution in [2.75, 3.05) is 45.1 Å². The van der Waals surface area contributed by atoms with Crippen molar-refractivity contribution in [3.8, 4) is 0 Å². The van der Waals surface area contributed by atoms with Gasteiger partial charge in [0.15, 0.2) is 5.82 Å². The molecule has 1 aromatic carbocycles. The summed E-state index contributed by atoms with van der Waals surface area (Å²) in [5, 5.41) is 7.82. The summed E-state index contributed by atoms with van der Waals surface area (Å²) in [5.74, 6) is 1.19. The van der Waals surface area contributed by atoms with E-state index in [0.29, 0.717) is 18.3 Å². The summed E-state index contributed by atoms with van der Waals surface area (Å²) in [6, 6.07) is 9.94. The number of aryl methyl sites for hydroxylation is 1. The number of rotatable bonds is 8. The third-order valence-corrected chi connectivity index (χ3v) is 5.45. The molecule has 1 aliphatic heterocycles. The quantitative estimate of drug-likeness (QED) is 0.736. The van der Waals surface area contributed by atoms with Crippen LogP contribution in [0, 0.1) is 5.92 Å². The van der Waals surface area contributed by atoms with Crippen LogP contribution in [-0.2, 0) is 18.3 Å². The fourth-order valence-corrected chi connectivity index (χ4v) is 3.98. The number of aromatic nitrogens is 2. The van der Waals surface area contributed by atoms with Gasteiger partial charge in [0, 0.05) is 44.0 Å². The summed E-state index contributed by atoms with van der Waals surface area (Å²) in [5.41, 5.74) is 1.33. The van der Waals surface area contributed by atoms with E-state index in [9.17, 15) is 4.79 Å². The molecular weight excluding hydrogens is 374 g/mol. The van der Waals surface area contributed by atoms with E-state index in [1.165, 1.54) is 18.4 Å². The molecule has 2 heterocycles. The number of benzene rings is 1. The van der Waals surface area contributed by atoms with Crippen LogP contribution in [0.3, 0.4) is 0 Å². The Morgan fingerprint density at radius 3 is 2.82 bits per heavy atom. The lowest BCUT2D eigenvalue weighted by molar-refractivity contribution is -0.117. The SMILES string of the molecule is CN(CC(=O)Nc1ccn(C)n1)C[C@H]1CCCN(CCc2ccc(Cl)cc2)C1. The van der Waals surface area contributed by atoms with Crippen LogP contribution in [0.15, 0.2) is 36.5 Å². The third-order valence-electron chi connectivity index (χ3n) is 5.20. The van der Waals surface area contributed by atoms with Gasteiger partial charge >= 0.3 is 0 Å². The van der Waals surface area contributed by atoms with Gasteiger partial charge in [0.25, 0.3) is 0 Å². The first-order chi connectivity index (χ1) is 13.5. The number of piperidine rings is 1. The predicted octanol–water partition coefficient (Wildman–Crippen LogP) is 2.90. The highest BCUT2D eigenvalue weighted by molar-refractivity contribution is 6.30. The lowest BCUT2D eigenvalue weighted by atomic mass is 9.97. The number of anilines is 1. The van der Waals surface area contributed by atoms with Gasteiger partial charge in [-0.25, -0.2) is 0 Å². The van der Waals surface area contributed by atoms with E-state index in [0.717, 1.165) is 37.6 Å². The summed E-state index contributed by atoms with van der Waals surface area (Å²) in [6.45, 7) is 4.65. The van der Waals surface area contributed by atoms with E-state index in [1.807, 2.05) is 32.4 Å². The number of nitrogens with zero attached hydrogens (tertiary/aromatic N) is 4. The van der Waals surface area contributed by atoms with Gasteiger partial charge in [-0.05, 0) is 56.5 Å². The van der Waals surface area contributed by atoms with E-state index in [4.69, 9.17) is 11.6 Å². The van der Waals surface area contributed by atoms with Gasteiger partial charge in [-0.1, -0.05) is 23.7 Å². The molecule has 1 aliphatic rings. The molecule has 0 radical (unpaired) electrons. The number of halogens is 1. The number of likely N-dealkylation sites (N-methyl/N-ethyl adjacent to an activating group) is 1. The summed E-state index contributed by atoms with van der Waals surface area (Å²) >= 11 is 5.96. The minimum Gasteiger partial charge on any atom is -0.308 e. The monoisotopic (exact) mass is 403 g/mol. The van der Waals surface area contributed by atoms with Crippen molar-refractivity contribution >= 4 is 23.3 Å². The van der Waals surface area contributed by atoms with E-state index in [-0.39, 0.29) is 5.91 Å². The van der Waals surface area contributed by atoms with Crippen LogP contribution in [0.5, 0.6) is 0 Å². The lowest BCUT2D eigenvalue weighted by Crippen LogP contribution is -2.42. The van der Waals surface area contributed by atoms with Crippen molar-refractivity contribution in [3.05, 3.63) is 47.1 Å². The average Bonchev–Trinajstić information content (AvgIpc) is 3.06. The maximum Gasteiger partial charge on any atom is 0.239 e. The predicted molar refractivity (Wildman–Crippen MR) is 114 cm³/mol. The first kappa shape index (κ1) is 20.8. The van der Waals surface area contributed by atoms with Gasteiger partial charge in [-0.3, -0.25) is 14.4 Å². The molecule has 0 bridgehead atoms. The highest BCUT2D eigenvalue weighted by atomic mass is 35.5. The number of likely N-dealkylation sites (tertiary alicyclic amines) is 1. The maximum absolute atomic E-state index is 12.2. The molecule has 1 amide bonds. The van der Waals surface area contributed by atoms with Crippen LogP contribution in [-0.4, -0.2) is 65.3 Å². The zero-order valence-corrected chi connectivity index (χ0v) is 17.5. The minimum atomic E-state index is -0.0170. The van der Waals surface area contributed by atoms with Crippen molar-refractivity contribution < 1.29 is 4.79 Å². The molecule has 28 heavy (non-hydrogen) atoms. The number of carbonyl (C=O) groups excluding carboxylic acids is 1. The standard InChI is InChI=1S/C21H30ClN5O/c1-25(16-21(28)23-20-10-12-26(2)24-20)14-18-4-3-11-27(15-18)13-9-17-5-7-19(22)8-6-17/h5-8,10,12,18H,3-4,9,11,13-16H2,1-2H3,(H,23,24,28)/t18-/m1/s1. The summed E-state index contributed by atoms with van der Waals surface area (Å²) < 4.78 is 1.68. The molecule has 0 saturated carbocycles. The Hall–Kier alpha value is -1.89. The van der Waals surface area contributed by atoms with Crippen molar-refractivity contribution in [3.63, 3.8) is 0 Å². The highest BCUT2D eigenvalue weighted by Crippen LogP contribution is 2.18. The summed E-state index contributed by atoms with van der Waals surface area (Å²) in [6.07, 6.45) is 5.31. The molecule has 1 saturated heterocycles. The van der Waals surface area contributed by atoms with Crippen molar-refractivity contribution in [1.29, 1.82) is 0 Å². The smallest absolute Gasteiger partial charge is 0.239 e.